The van der Waals surface area contributed by atoms with E-state index in [1.807, 2.05) is 49.4 Å². The van der Waals surface area contributed by atoms with E-state index in [1.165, 1.54) is 0 Å². The highest BCUT2D eigenvalue weighted by Crippen LogP contribution is 2.42. The second kappa shape index (κ2) is 8.47. The van der Waals surface area contributed by atoms with Crippen LogP contribution < -0.4 is 5.32 Å². The minimum atomic E-state index is 0.0577. The van der Waals surface area contributed by atoms with Gasteiger partial charge in [-0.1, -0.05) is 70.7 Å². The molecule has 0 spiro atoms. The van der Waals surface area contributed by atoms with E-state index < -0.39 is 0 Å². The van der Waals surface area contributed by atoms with Crippen molar-refractivity contribution in [2.75, 3.05) is 6.54 Å². The summed E-state index contributed by atoms with van der Waals surface area (Å²) >= 11 is 17.8. The number of amides is 1. The lowest BCUT2D eigenvalue weighted by Crippen LogP contribution is -2.24. The minimum absolute atomic E-state index is 0.0577. The number of allylic oxidation sites excluding steroid dienone is 1. The van der Waals surface area contributed by atoms with Gasteiger partial charge in [0.15, 0.2) is 0 Å². The van der Waals surface area contributed by atoms with Crippen molar-refractivity contribution in [1.29, 1.82) is 0 Å². The van der Waals surface area contributed by atoms with Gasteiger partial charge in [0.2, 0.25) is 5.91 Å². The summed E-state index contributed by atoms with van der Waals surface area (Å²) in [6.45, 7) is 2.81. The largest absolute Gasteiger partial charge is 0.355 e. The maximum Gasteiger partial charge on any atom is 0.227 e. The predicted octanol–water partition coefficient (Wildman–Crippen LogP) is 6.13. The summed E-state index contributed by atoms with van der Waals surface area (Å²) in [4.78, 5) is 11.8. The molecule has 5 heteroatoms. The van der Waals surface area contributed by atoms with E-state index >= 15 is 0 Å². The molecule has 0 saturated carbocycles. The summed E-state index contributed by atoms with van der Waals surface area (Å²) in [5, 5.41) is 5.11. The monoisotopic (exact) mass is 407 g/mol. The van der Waals surface area contributed by atoms with E-state index in [9.17, 15) is 4.79 Å². The second-order valence-electron chi connectivity index (χ2n) is 6.70. The summed E-state index contributed by atoms with van der Waals surface area (Å²) in [7, 11) is 0. The summed E-state index contributed by atoms with van der Waals surface area (Å²) in [5.74, 6) is 0.884. The van der Waals surface area contributed by atoms with Gasteiger partial charge >= 0.3 is 0 Å². The molecule has 0 bridgehead atoms. The number of carbonyl (C=O) groups excluding carboxylic acids is 1. The van der Waals surface area contributed by atoms with Gasteiger partial charge in [-0.2, -0.15) is 0 Å². The van der Waals surface area contributed by atoms with Crippen molar-refractivity contribution in [3.63, 3.8) is 0 Å². The molecule has 2 nitrogen and oxygen atoms in total. The molecule has 1 saturated heterocycles. The van der Waals surface area contributed by atoms with Crippen LogP contribution in [0.5, 0.6) is 0 Å². The Morgan fingerprint density at radius 1 is 1.00 bits per heavy atom. The smallest absolute Gasteiger partial charge is 0.227 e. The van der Waals surface area contributed by atoms with Crippen LogP contribution in [0, 0.1) is 11.8 Å². The molecule has 3 atom stereocenters. The lowest BCUT2D eigenvalue weighted by Gasteiger charge is -2.29. The summed E-state index contributed by atoms with van der Waals surface area (Å²) < 4.78 is 0. The average molecular weight is 409 g/mol. The van der Waals surface area contributed by atoms with Crippen molar-refractivity contribution in [1.82, 2.24) is 5.32 Å². The highest BCUT2D eigenvalue weighted by atomic mass is 35.5. The lowest BCUT2D eigenvalue weighted by atomic mass is 9.74. The molecule has 1 aliphatic heterocycles. The number of hydrogen-bond donors (Lipinski definition) is 1. The molecule has 1 N–H and O–H groups in total. The fraction of sp³-hybridized carbons (Fsp3) is 0.286. The van der Waals surface area contributed by atoms with E-state index in [4.69, 9.17) is 34.8 Å². The normalized spacial score (nSPS) is 24.1. The van der Waals surface area contributed by atoms with Crippen LogP contribution >= 0.6 is 34.8 Å². The minimum Gasteiger partial charge on any atom is -0.355 e. The van der Waals surface area contributed by atoms with E-state index in [0.29, 0.717) is 16.0 Å². The predicted molar refractivity (Wildman–Crippen MR) is 109 cm³/mol. The van der Waals surface area contributed by atoms with Gasteiger partial charge in [-0.05, 0) is 49.1 Å². The van der Waals surface area contributed by atoms with Gasteiger partial charge in [-0.25, -0.2) is 0 Å². The molecule has 1 aliphatic carbocycles. The van der Waals surface area contributed by atoms with Crippen LogP contribution in [0.1, 0.15) is 24.8 Å². The molecule has 136 valence electrons. The molecule has 0 radical (unpaired) electrons. The molecule has 3 unspecified atom stereocenters. The van der Waals surface area contributed by atoms with Crippen molar-refractivity contribution in [3.05, 3.63) is 80.8 Å². The van der Waals surface area contributed by atoms with Crippen LogP contribution in [0.3, 0.4) is 0 Å². The lowest BCUT2D eigenvalue weighted by molar-refractivity contribution is -0.122. The molecule has 2 aromatic carbocycles. The summed E-state index contributed by atoms with van der Waals surface area (Å²) in [6.07, 6.45) is 3.14. The third kappa shape index (κ3) is 4.43. The third-order valence-corrected chi connectivity index (χ3v) is 5.71. The van der Waals surface area contributed by atoms with Crippen LogP contribution in [0.2, 0.25) is 15.1 Å². The molecule has 1 fully saturated rings. The average Bonchev–Trinajstić information content (AvgIpc) is 2.97. The second-order valence-corrected chi connectivity index (χ2v) is 7.98. The zero-order chi connectivity index (χ0) is 18.7. The van der Waals surface area contributed by atoms with Crippen LogP contribution in [-0.2, 0) is 4.79 Å². The van der Waals surface area contributed by atoms with Gasteiger partial charge < -0.3 is 5.32 Å². The van der Waals surface area contributed by atoms with Gasteiger partial charge in [0.05, 0.1) is 5.92 Å². The van der Waals surface area contributed by atoms with E-state index in [0.717, 1.165) is 29.1 Å². The van der Waals surface area contributed by atoms with Crippen LogP contribution in [-0.4, -0.2) is 12.5 Å². The van der Waals surface area contributed by atoms with Gasteiger partial charge in [0.1, 0.15) is 0 Å². The first kappa shape index (κ1) is 19.3. The fourth-order valence-corrected chi connectivity index (χ4v) is 4.41. The first-order chi connectivity index (χ1) is 12.5. The highest BCUT2D eigenvalue weighted by molar-refractivity contribution is 6.35. The number of nitrogens with one attached hydrogen (secondary N) is 1. The quantitative estimate of drug-likeness (QED) is 0.565. The van der Waals surface area contributed by atoms with Crippen LogP contribution in [0.15, 0.2) is 60.2 Å². The van der Waals surface area contributed by atoms with Crippen molar-refractivity contribution in [2.24, 2.45) is 11.8 Å². The first-order valence-electron chi connectivity index (χ1n) is 8.57. The Morgan fingerprint density at radius 2 is 1.73 bits per heavy atom. The first-order valence-corrected chi connectivity index (χ1v) is 9.70. The third-order valence-electron chi connectivity index (χ3n) is 4.90. The van der Waals surface area contributed by atoms with E-state index in [-0.39, 0.29) is 17.7 Å². The number of hydrogen-bond acceptors (Lipinski definition) is 1. The Morgan fingerprint density at radius 3 is 2.35 bits per heavy atom. The van der Waals surface area contributed by atoms with Crippen molar-refractivity contribution >= 4 is 40.7 Å². The van der Waals surface area contributed by atoms with Gasteiger partial charge in [-0.3, -0.25) is 4.79 Å². The zero-order valence-electron chi connectivity index (χ0n) is 14.4. The van der Waals surface area contributed by atoms with Crippen molar-refractivity contribution in [3.8, 4) is 0 Å². The Labute approximate surface area is 169 Å². The number of halogens is 3. The molecule has 1 heterocycles. The molecule has 0 aromatic heterocycles. The number of carbonyl (C=O) groups is 1. The Bertz CT molecular complexity index is 819. The van der Waals surface area contributed by atoms with E-state index in [1.54, 1.807) is 6.07 Å². The van der Waals surface area contributed by atoms with Crippen LogP contribution in [0.25, 0.3) is 0 Å². The number of fused-ring (bicyclic) bond motifs is 1. The molecule has 2 aromatic rings. The molecular formula is C21H20Cl3NO. The van der Waals surface area contributed by atoms with Crippen molar-refractivity contribution in [2.45, 2.75) is 19.3 Å². The van der Waals surface area contributed by atoms with Gasteiger partial charge in [-0.15, -0.1) is 0 Å². The maximum atomic E-state index is 11.8. The molecule has 26 heavy (non-hydrogen) atoms. The Hall–Kier alpha value is -1.48. The topological polar surface area (TPSA) is 29.1 Å². The van der Waals surface area contributed by atoms with Crippen molar-refractivity contribution < 1.29 is 4.79 Å². The molecule has 4 rings (SSSR count). The summed E-state index contributed by atoms with van der Waals surface area (Å²) in [5.41, 5.74) is 2.26. The molecule has 2 aliphatic rings. The van der Waals surface area contributed by atoms with E-state index in [2.05, 4.69) is 11.4 Å². The van der Waals surface area contributed by atoms with Gasteiger partial charge in [0.25, 0.3) is 0 Å². The Kier molecular flexibility index (Phi) is 6.29. The number of rotatable bonds is 1. The molecular weight excluding hydrogens is 389 g/mol. The fourth-order valence-electron chi connectivity index (χ4n) is 3.72. The van der Waals surface area contributed by atoms with Crippen LogP contribution in [0.4, 0.5) is 0 Å². The number of benzene rings is 2. The summed E-state index contributed by atoms with van der Waals surface area (Å²) in [6, 6.07) is 15.1. The highest BCUT2D eigenvalue weighted by Gasteiger charge is 2.40. The standard InChI is InChI=1S/C15H15Cl2NO.C6H5Cl/c1-8-4-9(5-10-7-18-15(19)14(8)10)12-3-2-11(16)6-13(12)17;7-6-4-2-1-3-5-6/h2-4,6,9-10,14H,5,7H2,1H3,(H,18,19);1-5H. The maximum absolute atomic E-state index is 11.8. The SMILES string of the molecule is CC1=CC(c2ccc(Cl)cc2Cl)CC2CNC(=O)C12.Clc1ccccc1. The molecule has 1 amide bonds. The zero-order valence-corrected chi connectivity index (χ0v) is 16.7. The Balaban J connectivity index is 0.000000236. The van der Waals surface area contributed by atoms with Gasteiger partial charge in [0, 0.05) is 27.5 Å².